The smallest absolute Gasteiger partial charge is 0.340 e. The summed E-state index contributed by atoms with van der Waals surface area (Å²) in [5, 5.41) is 6.09. The molecule has 4 rings (SSSR count). The number of aromatic nitrogens is 2. The van der Waals surface area contributed by atoms with Crippen molar-refractivity contribution in [3.63, 3.8) is 0 Å². The van der Waals surface area contributed by atoms with Crippen LogP contribution in [0, 0.1) is 6.07 Å². The van der Waals surface area contributed by atoms with E-state index in [-0.39, 0.29) is 0 Å². The number of hydrogen-bond acceptors (Lipinski definition) is 3. The molecule has 0 aliphatic heterocycles. The molecule has 4 nitrogen and oxygen atoms in total. The average Bonchev–Trinajstić information content (AvgIpc) is 3.10. The first-order chi connectivity index (χ1) is 10.2. The summed E-state index contributed by atoms with van der Waals surface area (Å²) in [6, 6.07) is 16.5. The van der Waals surface area contributed by atoms with Crippen LogP contribution < -0.4 is 5.73 Å². The van der Waals surface area contributed by atoms with Gasteiger partial charge in [0.1, 0.15) is 0 Å². The predicted molar refractivity (Wildman–Crippen MR) is 84.4 cm³/mol. The van der Waals surface area contributed by atoms with Crippen molar-refractivity contribution in [1.82, 2.24) is 9.78 Å². The molecule has 2 N–H and O–H groups in total. The molecule has 4 aromatic rings. The van der Waals surface area contributed by atoms with E-state index < -0.39 is 6.03 Å². The molecule has 0 saturated heterocycles. The minimum atomic E-state index is -0.585. The zero-order chi connectivity index (χ0) is 14.4. The fourth-order valence-corrected chi connectivity index (χ4v) is 3.57. The molecule has 0 saturated carbocycles. The average molecular weight is 292 g/mol. The van der Waals surface area contributed by atoms with Gasteiger partial charge in [0, 0.05) is 20.5 Å². The van der Waals surface area contributed by atoms with E-state index in [0.29, 0.717) is 0 Å². The van der Waals surface area contributed by atoms with Crippen LogP contribution in [0.5, 0.6) is 0 Å². The van der Waals surface area contributed by atoms with Gasteiger partial charge in [-0.3, -0.25) is 0 Å². The maximum Gasteiger partial charge on any atom is 0.340 e. The zero-order valence-corrected chi connectivity index (χ0v) is 11.7. The highest BCUT2D eigenvalue weighted by molar-refractivity contribution is 7.22. The van der Waals surface area contributed by atoms with E-state index >= 15 is 0 Å². The molecule has 21 heavy (non-hydrogen) atoms. The summed E-state index contributed by atoms with van der Waals surface area (Å²) in [5.41, 5.74) is 7.05. The first kappa shape index (κ1) is 12.1. The van der Waals surface area contributed by atoms with Gasteiger partial charge in [0.05, 0.1) is 11.7 Å². The van der Waals surface area contributed by atoms with Crippen LogP contribution in [0.2, 0.25) is 0 Å². The van der Waals surface area contributed by atoms with E-state index in [4.69, 9.17) is 5.73 Å². The lowest BCUT2D eigenvalue weighted by Gasteiger charge is -2.03. The Balaban J connectivity index is 2.05. The third kappa shape index (κ3) is 1.82. The van der Waals surface area contributed by atoms with Gasteiger partial charge >= 0.3 is 6.03 Å². The molecular formula is C16H10N3OS. The Bertz CT molecular complexity index is 950. The number of rotatable bonds is 1. The minimum Gasteiger partial charge on any atom is -0.350 e. The van der Waals surface area contributed by atoms with E-state index in [1.165, 1.54) is 14.8 Å². The minimum absolute atomic E-state index is 0.585. The van der Waals surface area contributed by atoms with Crippen molar-refractivity contribution in [2.75, 3.05) is 0 Å². The molecule has 0 fully saturated rings. The van der Waals surface area contributed by atoms with E-state index in [1.807, 2.05) is 18.2 Å². The second kappa shape index (κ2) is 4.43. The number of primary amides is 1. The zero-order valence-electron chi connectivity index (χ0n) is 10.9. The maximum atomic E-state index is 11.5. The topological polar surface area (TPSA) is 60.9 Å². The van der Waals surface area contributed by atoms with Gasteiger partial charge in [-0.05, 0) is 35.7 Å². The van der Waals surface area contributed by atoms with E-state index in [9.17, 15) is 4.79 Å². The predicted octanol–water partition coefficient (Wildman–Crippen LogP) is 3.64. The van der Waals surface area contributed by atoms with Crippen LogP contribution >= 0.6 is 11.3 Å². The lowest BCUT2D eigenvalue weighted by molar-refractivity contribution is 0.248. The number of benzene rings is 2. The summed E-state index contributed by atoms with van der Waals surface area (Å²) in [7, 11) is 0. The van der Waals surface area contributed by atoms with Gasteiger partial charge < -0.3 is 5.73 Å². The largest absolute Gasteiger partial charge is 0.350 e. The van der Waals surface area contributed by atoms with Gasteiger partial charge in [-0.15, -0.1) is 11.3 Å². The van der Waals surface area contributed by atoms with Crippen LogP contribution in [0.4, 0.5) is 4.79 Å². The monoisotopic (exact) mass is 292 g/mol. The maximum absolute atomic E-state index is 11.5. The Kier molecular flexibility index (Phi) is 2.55. The molecule has 2 aromatic carbocycles. The summed E-state index contributed by atoms with van der Waals surface area (Å²) < 4.78 is 2.44. The number of nitrogens with zero attached hydrogens (tertiary/aromatic N) is 2. The number of thiophene rings is 1. The van der Waals surface area contributed by atoms with Crippen molar-refractivity contribution in [3.8, 4) is 10.4 Å². The second-order valence-electron chi connectivity index (χ2n) is 4.72. The number of carbonyl (C=O) groups excluding carboxylic acids is 1. The molecular weight excluding hydrogens is 282 g/mol. The van der Waals surface area contributed by atoms with Crippen molar-refractivity contribution in [1.29, 1.82) is 0 Å². The highest BCUT2D eigenvalue weighted by Gasteiger charge is 2.14. The molecule has 2 heterocycles. The van der Waals surface area contributed by atoms with Crippen LogP contribution in [-0.2, 0) is 0 Å². The van der Waals surface area contributed by atoms with Crippen molar-refractivity contribution in [2.45, 2.75) is 0 Å². The van der Waals surface area contributed by atoms with Gasteiger partial charge in [0.2, 0.25) is 0 Å². The van der Waals surface area contributed by atoms with Gasteiger partial charge in [-0.25, -0.2) is 4.79 Å². The highest BCUT2D eigenvalue weighted by Crippen LogP contribution is 2.36. The third-order valence-corrected chi connectivity index (χ3v) is 4.57. The van der Waals surface area contributed by atoms with E-state index in [0.717, 1.165) is 21.3 Å². The molecule has 1 radical (unpaired) electrons. The van der Waals surface area contributed by atoms with Crippen molar-refractivity contribution in [2.24, 2.45) is 5.73 Å². The fourth-order valence-electron chi connectivity index (χ4n) is 2.49. The van der Waals surface area contributed by atoms with Crippen LogP contribution in [0.1, 0.15) is 0 Å². The Morgan fingerprint density at radius 2 is 2.10 bits per heavy atom. The van der Waals surface area contributed by atoms with Crippen LogP contribution in [-0.4, -0.2) is 15.8 Å². The van der Waals surface area contributed by atoms with Crippen molar-refractivity contribution >= 4 is 38.4 Å². The van der Waals surface area contributed by atoms with Gasteiger partial charge in [0.15, 0.2) is 0 Å². The third-order valence-electron chi connectivity index (χ3n) is 3.42. The number of nitrogens with two attached hydrogens (primary N) is 1. The van der Waals surface area contributed by atoms with E-state index in [2.05, 4.69) is 29.4 Å². The number of carbonyl (C=O) groups is 1. The number of hydrogen-bond donors (Lipinski definition) is 1. The molecule has 101 valence electrons. The molecule has 0 bridgehead atoms. The van der Waals surface area contributed by atoms with Crippen molar-refractivity contribution in [3.05, 3.63) is 54.7 Å². The van der Waals surface area contributed by atoms with Crippen LogP contribution in [0.15, 0.2) is 48.7 Å². The Labute approximate surface area is 124 Å². The number of amides is 1. The SMILES string of the molecule is NC(=O)n1ncc2c[c]cc(-c3cc4ccccc4s3)c21. The summed E-state index contributed by atoms with van der Waals surface area (Å²) >= 11 is 1.68. The number of fused-ring (bicyclic) bond motifs is 2. The van der Waals surface area contributed by atoms with Crippen molar-refractivity contribution < 1.29 is 4.79 Å². The highest BCUT2D eigenvalue weighted by atomic mass is 32.1. The quantitative estimate of drug-likeness (QED) is 0.582. The first-order valence-electron chi connectivity index (χ1n) is 6.40. The molecule has 0 aliphatic rings. The summed E-state index contributed by atoms with van der Waals surface area (Å²) in [6.07, 6.45) is 1.63. The van der Waals surface area contributed by atoms with Crippen LogP contribution in [0.3, 0.4) is 0 Å². The second-order valence-corrected chi connectivity index (χ2v) is 5.80. The van der Waals surface area contributed by atoms with Crippen LogP contribution in [0.25, 0.3) is 31.4 Å². The first-order valence-corrected chi connectivity index (χ1v) is 7.22. The molecule has 0 unspecified atom stereocenters. The molecule has 0 aliphatic carbocycles. The summed E-state index contributed by atoms with van der Waals surface area (Å²) in [6.45, 7) is 0. The van der Waals surface area contributed by atoms with E-state index in [1.54, 1.807) is 23.6 Å². The lowest BCUT2D eigenvalue weighted by atomic mass is 10.1. The molecule has 5 heteroatoms. The summed E-state index contributed by atoms with van der Waals surface area (Å²) in [5.74, 6) is 0. The lowest BCUT2D eigenvalue weighted by Crippen LogP contribution is -2.20. The summed E-state index contributed by atoms with van der Waals surface area (Å²) in [4.78, 5) is 12.6. The van der Waals surface area contributed by atoms with Gasteiger partial charge in [-0.1, -0.05) is 18.2 Å². The van der Waals surface area contributed by atoms with Gasteiger partial charge in [0.25, 0.3) is 0 Å². The Morgan fingerprint density at radius 3 is 2.90 bits per heavy atom. The Hall–Kier alpha value is -2.66. The molecule has 0 spiro atoms. The molecule has 1 amide bonds. The van der Waals surface area contributed by atoms with Gasteiger partial charge in [-0.2, -0.15) is 9.78 Å². The fraction of sp³-hybridized carbons (Fsp3) is 0. The molecule has 2 aromatic heterocycles. The normalized spacial score (nSPS) is 11.2. The molecule has 0 atom stereocenters. The Morgan fingerprint density at radius 1 is 1.24 bits per heavy atom. The standard InChI is InChI=1S/C16H10N3OS/c17-16(20)19-15-11(9-18-19)5-3-6-12(15)14-8-10-4-1-2-7-13(10)21-14/h1-2,4-9H,(H2,17,20).